The molecule has 0 bridgehead atoms. The van der Waals surface area contributed by atoms with Crippen molar-refractivity contribution in [1.29, 1.82) is 0 Å². The molecule has 0 fully saturated rings. The minimum Gasteiger partial charge on any atom is -0.241 e. The first-order valence-electron chi connectivity index (χ1n) is 5.70. The number of rotatable bonds is 7. The standard InChI is InChI=1S/C11H16ClFN2O2S/c1-2-3-8-15(9-6-12)18(16,17)11-10(13)5-4-7-14-11/h4-5,7H,2-3,6,8-9H2,1H3. The van der Waals surface area contributed by atoms with Gasteiger partial charge in [0.25, 0.3) is 10.0 Å². The molecule has 0 aliphatic heterocycles. The van der Waals surface area contributed by atoms with Gasteiger partial charge in [-0.1, -0.05) is 13.3 Å². The summed E-state index contributed by atoms with van der Waals surface area (Å²) in [6, 6.07) is 2.44. The van der Waals surface area contributed by atoms with Gasteiger partial charge < -0.3 is 0 Å². The van der Waals surface area contributed by atoms with E-state index in [-0.39, 0.29) is 12.4 Å². The van der Waals surface area contributed by atoms with Crippen LogP contribution in [0, 0.1) is 5.82 Å². The minimum absolute atomic E-state index is 0.153. The van der Waals surface area contributed by atoms with E-state index in [1.54, 1.807) is 0 Å². The number of unbranched alkanes of at least 4 members (excludes halogenated alkanes) is 1. The van der Waals surface area contributed by atoms with Crippen molar-refractivity contribution in [3.63, 3.8) is 0 Å². The molecule has 7 heteroatoms. The van der Waals surface area contributed by atoms with Gasteiger partial charge >= 0.3 is 0 Å². The highest BCUT2D eigenvalue weighted by Gasteiger charge is 2.27. The van der Waals surface area contributed by atoms with E-state index in [0.29, 0.717) is 13.0 Å². The predicted molar refractivity (Wildman–Crippen MR) is 68.6 cm³/mol. The van der Waals surface area contributed by atoms with E-state index in [0.717, 1.165) is 12.5 Å². The smallest absolute Gasteiger partial charge is 0.241 e. The van der Waals surface area contributed by atoms with Crippen molar-refractivity contribution >= 4 is 21.6 Å². The number of sulfonamides is 1. The van der Waals surface area contributed by atoms with Gasteiger partial charge in [-0.2, -0.15) is 4.31 Å². The molecule has 1 aromatic heterocycles. The van der Waals surface area contributed by atoms with E-state index in [1.807, 2.05) is 6.92 Å². The number of nitrogens with zero attached hydrogens (tertiary/aromatic N) is 2. The van der Waals surface area contributed by atoms with Gasteiger partial charge in [0.05, 0.1) is 0 Å². The molecule has 1 aromatic rings. The third-order valence-electron chi connectivity index (χ3n) is 2.40. The fourth-order valence-corrected chi connectivity index (χ4v) is 3.22. The highest BCUT2D eigenvalue weighted by molar-refractivity contribution is 7.89. The number of aromatic nitrogens is 1. The fraction of sp³-hybridized carbons (Fsp3) is 0.545. The zero-order chi connectivity index (χ0) is 13.6. The Morgan fingerprint density at radius 1 is 1.44 bits per heavy atom. The average Bonchev–Trinajstić information content (AvgIpc) is 2.34. The van der Waals surface area contributed by atoms with Crippen LogP contribution in [0.5, 0.6) is 0 Å². The quantitative estimate of drug-likeness (QED) is 0.725. The monoisotopic (exact) mass is 294 g/mol. The van der Waals surface area contributed by atoms with Crippen molar-refractivity contribution in [2.75, 3.05) is 19.0 Å². The molecule has 0 amide bonds. The van der Waals surface area contributed by atoms with Crippen LogP contribution in [0.3, 0.4) is 0 Å². The van der Waals surface area contributed by atoms with Crippen LogP contribution in [0.2, 0.25) is 0 Å². The van der Waals surface area contributed by atoms with Gasteiger partial charge in [-0.3, -0.25) is 0 Å². The Labute approximate surface area is 112 Å². The van der Waals surface area contributed by atoms with E-state index < -0.39 is 20.9 Å². The van der Waals surface area contributed by atoms with Gasteiger partial charge in [-0.15, -0.1) is 11.6 Å². The summed E-state index contributed by atoms with van der Waals surface area (Å²) in [4.78, 5) is 3.61. The van der Waals surface area contributed by atoms with Crippen molar-refractivity contribution in [3.05, 3.63) is 24.1 Å². The van der Waals surface area contributed by atoms with Crippen LogP contribution >= 0.6 is 11.6 Å². The minimum atomic E-state index is -3.90. The Bertz CT molecular complexity index is 482. The van der Waals surface area contributed by atoms with Crippen molar-refractivity contribution in [1.82, 2.24) is 9.29 Å². The highest BCUT2D eigenvalue weighted by atomic mass is 35.5. The van der Waals surface area contributed by atoms with Gasteiger partial charge in [0.2, 0.25) is 5.03 Å². The average molecular weight is 295 g/mol. The van der Waals surface area contributed by atoms with Gasteiger partial charge in [-0.25, -0.2) is 17.8 Å². The molecule has 0 N–H and O–H groups in total. The third kappa shape index (κ3) is 3.63. The maximum Gasteiger partial charge on any atom is 0.263 e. The molecule has 18 heavy (non-hydrogen) atoms. The van der Waals surface area contributed by atoms with Gasteiger partial charge in [0, 0.05) is 25.2 Å². The molecule has 4 nitrogen and oxygen atoms in total. The van der Waals surface area contributed by atoms with Crippen LogP contribution in [-0.2, 0) is 10.0 Å². The van der Waals surface area contributed by atoms with Gasteiger partial charge in [0.15, 0.2) is 5.82 Å². The summed E-state index contributed by atoms with van der Waals surface area (Å²) in [7, 11) is -3.90. The van der Waals surface area contributed by atoms with Gasteiger partial charge in [-0.05, 0) is 18.6 Å². The Morgan fingerprint density at radius 2 is 2.17 bits per heavy atom. The molecule has 1 heterocycles. The molecule has 0 radical (unpaired) electrons. The first-order valence-corrected chi connectivity index (χ1v) is 7.68. The van der Waals surface area contributed by atoms with Crippen molar-refractivity contribution in [2.45, 2.75) is 24.8 Å². The molecule has 0 aliphatic rings. The fourth-order valence-electron chi connectivity index (χ4n) is 1.46. The lowest BCUT2D eigenvalue weighted by Crippen LogP contribution is -2.34. The lowest BCUT2D eigenvalue weighted by atomic mass is 10.3. The van der Waals surface area contributed by atoms with E-state index >= 15 is 0 Å². The summed E-state index contributed by atoms with van der Waals surface area (Å²) in [5, 5.41) is -0.536. The summed E-state index contributed by atoms with van der Waals surface area (Å²) in [6.07, 6.45) is 2.80. The molecule has 0 saturated carbocycles. The predicted octanol–water partition coefficient (Wildman–Crippen LogP) is 2.25. The van der Waals surface area contributed by atoms with Crippen LogP contribution in [0.15, 0.2) is 23.4 Å². The zero-order valence-electron chi connectivity index (χ0n) is 10.1. The lowest BCUT2D eigenvalue weighted by Gasteiger charge is -2.20. The molecular weight excluding hydrogens is 279 g/mol. The molecule has 0 aromatic carbocycles. The molecule has 0 aliphatic carbocycles. The lowest BCUT2D eigenvalue weighted by molar-refractivity contribution is 0.413. The second-order valence-electron chi connectivity index (χ2n) is 3.74. The van der Waals surface area contributed by atoms with Crippen LogP contribution in [-0.4, -0.2) is 36.7 Å². The number of halogens is 2. The van der Waals surface area contributed by atoms with E-state index in [2.05, 4.69) is 4.98 Å². The van der Waals surface area contributed by atoms with Crippen molar-refractivity contribution < 1.29 is 12.8 Å². The maximum absolute atomic E-state index is 13.5. The van der Waals surface area contributed by atoms with Gasteiger partial charge in [0.1, 0.15) is 0 Å². The summed E-state index contributed by atoms with van der Waals surface area (Å²) < 4.78 is 39.1. The second kappa shape index (κ2) is 7.01. The molecule has 1 rings (SSSR count). The van der Waals surface area contributed by atoms with E-state index in [4.69, 9.17) is 11.6 Å². The molecule has 0 saturated heterocycles. The summed E-state index contributed by atoms with van der Waals surface area (Å²) in [5.74, 6) is -0.675. The molecule has 0 atom stereocenters. The molecule has 102 valence electrons. The van der Waals surface area contributed by atoms with Crippen LogP contribution in [0.25, 0.3) is 0 Å². The van der Waals surface area contributed by atoms with Crippen molar-refractivity contribution in [2.24, 2.45) is 0 Å². The Kier molecular flexibility index (Phi) is 5.98. The largest absolute Gasteiger partial charge is 0.263 e. The summed E-state index contributed by atoms with van der Waals surface area (Å²) >= 11 is 5.59. The normalized spacial score (nSPS) is 12.0. The Hall–Kier alpha value is -0.720. The van der Waals surface area contributed by atoms with Crippen molar-refractivity contribution in [3.8, 4) is 0 Å². The van der Waals surface area contributed by atoms with E-state index in [9.17, 15) is 12.8 Å². The topological polar surface area (TPSA) is 50.3 Å². The summed E-state index contributed by atoms with van der Waals surface area (Å²) in [6.45, 7) is 2.42. The molecule has 0 spiro atoms. The Morgan fingerprint density at radius 3 is 2.72 bits per heavy atom. The number of pyridine rings is 1. The third-order valence-corrected chi connectivity index (χ3v) is 4.41. The zero-order valence-corrected chi connectivity index (χ0v) is 11.7. The SMILES string of the molecule is CCCCN(CCCl)S(=O)(=O)c1ncccc1F. The van der Waals surface area contributed by atoms with E-state index in [1.165, 1.54) is 16.6 Å². The number of hydrogen-bond acceptors (Lipinski definition) is 3. The second-order valence-corrected chi connectivity index (χ2v) is 5.97. The Balaban J connectivity index is 3.05. The van der Waals surface area contributed by atoms with Crippen LogP contribution in [0.4, 0.5) is 4.39 Å². The highest BCUT2D eigenvalue weighted by Crippen LogP contribution is 2.17. The maximum atomic E-state index is 13.5. The molecule has 0 unspecified atom stereocenters. The molecular formula is C11H16ClFN2O2S. The first kappa shape index (κ1) is 15.3. The number of hydrogen-bond donors (Lipinski definition) is 0. The first-order chi connectivity index (χ1) is 8.54. The van der Waals surface area contributed by atoms with Crippen LogP contribution in [0.1, 0.15) is 19.8 Å². The summed E-state index contributed by atoms with van der Waals surface area (Å²) in [5.41, 5.74) is 0. The number of alkyl halides is 1. The van der Waals surface area contributed by atoms with Crippen LogP contribution < -0.4 is 0 Å².